The van der Waals surface area contributed by atoms with Gasteiger partial charge in [-0.15, -0.1) is 0 Å². The molecule has 0 spiro atoms. The smallest absolute Gasteiger partial charge is 0.325 e. The maximum atomic E-state index is 11.9. The number of hydrogen-bond donors (Lipinski definition) is 0. The Bertz CT molecular complexity index is 573. The number of likely N-dealkylation sites (N-methyl/N-ethyl adjacent to an activating group) is 1. The zero-order valence-electron chi connectivity index (χ0n) is 10.9. The Balaban J connectivity index is 2.04. The van der Waals surface area contributed by atoms with E-state index in [4.69, 9.17) is 0 Å². The van der Waals surface area contributed by atoms with E-state index >= 15 is 0 Å². The monoisotopic (exact) mass is 261 g/mol. The van der Waals surface area contributed by atoms with Gasteiger partial charge in [0.2, 0.25) is 5.91 Å². The van der Waals surface area contributed by atoms with Gasteiger partial charge in [-0.1, -0.05) is 6.07 Å². The number of carbonyl (C=O) groups excluding carboxylic acids is 2. The van der Waals surface area contributed by atoms with Crippen molar-refractivity contribution in [2.45, 2.75) is 6.42 Å². The Morgan fingerprint density at radius 3 is 2.89 bits per heavy atom. The van der Waals surface area contributed by atoms with E-state index in [1.165, 1.54) is 12.0 Å². The van der Waals surface area contributed by atoms with Gasteiger partial charge in [-0.25, -0.2) is 4.98 Å². The fourth-order valence-electron chi connectivity index (χ4n) is 1.71. The molecule has 0 aliphatic rings. The average Bonchev–Trinajstić information content (AvgIpc) is 2.80. The molecule has 2 rings (SSSR count). The molecular weight excluding hydrogens is 246 g/mol. The molecule has 0 saturated heterocycles. The summed E-state index contributed by atoms with van der Waals surface area (Å²) < 4.78 is 6.37. The highest BCUT2D eigenvalue weighted by Gasteiger charge is 2.15. The summed E-state index contributed by atoms with van der Waals surface area (Å²) in [5.74, 6) is -0.611. The largest absolute Gasteiger partial charge is 0.468 e. The fraction of sp³-hybridized carbons (Fsp3) is 0.308. The van der Waals surface area contributed by atoms with Gasteiger partial charge in [0.1, 0.15) is 12.2 Å². The van der Waals surface area contributed by atoms with E-state index in [2.05, 4.69) is 9.72 Å². The predicted octanol–water partition coefficient (Wildman–Crippen LogP) is 0.508. The molecule has 2 heterocycles. The molecule has 6 nitrogen and oxygen atoms in total. The maximum absolute atomic E-state index is 11.9. The first kappa shape index (κ1) is 13.1. The predicted molar refractivity (Wildman–Crippen MR) is 68.5 cm³/mol. The molecule has 0 radical (unpaired) electrons. The zero-order valence-corrected chi connectivity index (χ0v) is 10.9. The van der Waals surface area contributed by atoms with Crippen molar-refractivity contribution < 1.29 is 14.3 Å². The summed E-state index contributed by atoms with van der Waals surface area (Å²) in [5.41, 5.74) is 1.47. The van der Waals surface area contributed by atoms with Crippen molar-refractivity contribution in [3.8, 4) is 0 Å². The SMILES string of the molecule is COC(=O)CN(C)C(=O)Cc1cn2ccccc2n1. The number of methoxy groups -OCH3 is 1. The lowest BCUT2D eigenvalue weighted by molar-refractivity contribution is -0.145. The van der Waals surface area contributed by atoms with Crippen molar-refractivity contribution in [1.29, 1.82) is 0 Å². The van der Waals surface area contributed by atoms with Crippen molar-refractivity contribution in [2.75, 3.05) is 20.7 Å². The van der Waals surface area contributed by atoms with E-state index in [9.17, 15) is 9.59 Å². The van der Waals surface area contributed by atoms with Gasteiger partial charge in [0.05, 0.1) is 19.2 Å². The summed E-state index contributed by atoms with van der Waals surface area (Å²) in [6.45, 7) is -0.0529. The second-order valence-corrected chi connectivity index (χ2v) is 4.20. The summed E-state index contributed by atoms with van der Waals surface area (Å²) in [6.07, 6.45) is 3.84. The van der Waals surface area contributed by atoms with Gasteiger partial charge in [-0.05, 0) is 12.1 Å². The highest BCUT2D eigenvalue weighted by atomic mass is 16.5. The number of imidazole rings is 1. The van der Waals surface area contributed by atoms with Crippen LogP contribution >= 0.6 is 0 Å². The van der Waals surface area contributed by atoms with E-state index < -0.39 is 5.97 Å². The van der Waals surface area contributed by atoms with Crippen LogP contribution in [0.1, 0.15) is 5.69 Å². The lowest BCUT2D eigenvalue weighted by Crippen LogP contribution is -2.33. The van der Waals surface area contributed by atoms with Crippen molar-refractivity contribution in [1.82, 2.24) is 14.3 Å². The minimum absolute atomic E-state index is 0.0529. The number of rotatable bonds is 4. The van der Waals surface area contributed by atoms with E-state index in [1.54, 1.807) is 13.2 Å². The van der Waals surface area contributed by atoms with Gasteiger partial charge < -0.3 is 14.0 Å². The number of carbonyl (C=O) groups is 2. The number of pyridine rings is 1. The molecule has 0 N–H and O–H groups in total. The first-order valence-corrected chi connectivity index (χ1v) is 5.83. The first-order valence-electron chi connectivity index (χ1n) is 5.83. The number of fused-ring (bicyclic) bond motifs is 1. The molecule has 0 saturated carbocycles. The third kappa shape index (κ3) is 3.09. The molecule has 0 unspecified atom stereocenters. The Kier molecular flexibility index (Phi) is 3.79. The molecule has 6 heteroatoms. The van der Waals surface area contributed by atoms with Crippen LogP contribution in [0.15, 0.2) is 30.6 Å². The van der Waals surface area contributed by atoms with Crippen LogP contribution in [0.3, 0.4) is 0 Å². The molecule has 1 amide bonds. The molecule has 2 aromatic heterocycles. The normalized spacial score (nSPS) is 10.4. The van der Waals surface area contributed by atoms with Gasteiger partial charge in [0.15, 0.2) is 0 Å². The number of nitrogens with zero attached hydrogens (tertiary/aromatic N) is 3. The average molecular weight is 261 g/mol. The van der Waals surface area contributed by atoms with Gasteiger partial charge >= 0.3 is 5.97 Å². The molecule has 0 atom stereocenters. The molecular formula is C13H15N3O3. The molecule has 0 bridgehead atoms. The minimum atomic E-state index is -0.439. The lowest BCUT2D eigenvalue weighted by Gasteiger charge is -2.14. The molecule has 100 valence electrons. The molecule has 0 aromatic carbocycles. The van der Waals surface area contributed by atoms with Crippen LogP contribution in [0, 0.1) is 0 Å². The van der Waals surface area contributed by atoms with Gasteiger partial charge in [-0.2, -0.15) is 0 Å². The van der Waals surface area contributed by atoms with Crippen molar-refractivity contribution >= 4 is 17.5 Å². The van der Waals surface area contributed by atoms with Crippen LogP contribution in [-0.4, -0.2) is 46.9 Å². The molecule has 0 aliphatic heterocycles. The van der Waals surface area contributed by atoms with Crippen molar-refractivity contribution in [3.63, 3.8) is 0 Å². The Labute approximate surface area is 110 Å². The maximum Gasteiger partial charge on any atom is 0.325 e. The summed E-state index contributed by atoms with van der Waals surface area (Å²) in [7, 11) is 2.86. The molecule has 0 aliphatic carbocycles. The second kappa shape index (κ2) is 5.51. The highest BCUT2D eigenvalue weighted by molar-refractivity contribution is 5.83. The third-order valence-corrected chi connectivity index (χ3v) is 2.77. The minimum Gasteiger partial charge on any atom is -0.468 e. The molecule has 0 fully saturated rings. The van der Waals surface area contributed by atoms with Crippen LogP contribution < -0.4 is 0 Å². The van der Waals surface area contributed by atoms with Gasteiger partial charge in [0, 0.05) is 19.4 Å². The first-order chi connectivity index (χ1) is 9.10. The second-order valence-electron chi connectivity index (χ2n) is 4.20. The molecule has 19 heavy (non-hydrogen) atoms. The van der Waals surface area contributed by atoms with Crippen LogP contribution in [0.5, 0.6) is 0 Å². The van der Waals surface area contributed by atoms with Crippen molar-refractivity contribution in [3.05, 3.63) is 36.3 Å². The Morgan fingerprint density at radius 1 is 1.42 bits per heavy atom. The van der Waals surface area contributed by atoms with E-state index in [0.29, 0.717) is 5.69 Å². The molecule has 2 aromatic rings. The topological polar surface area (TPSA) is 63.9 Å². The van der Waals surface area contributed by atoms with Gasteiger partial charge in [-0.3, -0.25) is 9.59 Å². The third-order valence-electron chi connectivity index (χ3n) is 2.77. The summed E-state index contributed by atoms with van der Waals surface area (Å²) in [5, 5.41) is 0. The number of ether oxygens (including phenoxy) is 1. The van der Waals surface area contributed by atoms with Crippen LogP contribution in [-0.2, 0) is 20.7 Å². The quantitative estimate of drug-likeness (QED) is 0.752. The number of aromatic nitrogens is 2. The summed E-state index contributed by atoms with van der Waals surface area (Å²) in [4.78, 5) is 28.7. The van der Waals surface area contributed by atoms with E-state index in [-0.39, 0.29) is 18.9 Å². The summed E-state index contributed by atoms with van der Waals surface area (Å²) in [6, 6.07) is 5.65. The number of amides is 1. The Hall–Kier alpha value is -2.37. The van der Waals surface area contributed by atoms with Crippen LogP contribution in [0.25, 0.3) is 5.65 Å². The lowest BCUT2D eigenvalue weighted by atomic mass is 10.3. The number of esters is 1. The highest BCUT2D eigenvalue weighted by Crippen LogP contribution is 2.06. The van der Waals surface area contributed by atoms with E-state index in [0.717, 1.165) is 5.65 Å². The number of hydrogen-bond acceptors (Lipinski definition) is 4. The standard InChI is InChI=1S/C13H15N3O3/c1-15(9-13(18)19-2)12(17)7-10-8-16-6-4-3-5-11(16)14-10/h3-6,8H,7,9H2,1-2H3. The Morgan fingerprint density at radius 2 is 2.21 bits per heavy atom. The van der Waals surface area contributed by atoms with Crippen molar-refractivity contribution in [2.24, 2.45) is 0 Å². The van der Waals surface area contributed by atoms with Crippen LogP contribution in [0.2, 0.25) is 0 Å². The fourth-order valence-corrected chi connectivity index (χ4v) is 1.71. The van der Waals surface area contributed by atoms with Crippen LogP contribution in [0.4, 0.5) is 0 Å². The van der Waals surface area contributed by atoms with Gasteiger partial charge in [0.25, 0.3) is 0 Å². The summed E-state index contributed by atoms with van der Waals surface area (Å²) >= 11 is 0. The zero-order chi connectivity index (χ0) is 13.8. The van der Waals surface area contributed by atoms with E-state index in [1.807, 2.05) is 28.8 Å².